The van der Waals surface area contributed by atoms with Crippen LogP contribution in [0.1, 0.15) is 34.7 Å². The topological polar surface area (TPSA) is 78.5 Å². The molecule has 0 bridgehead atoms. The van der Waals surface area contributed by atoms with Gasteiger partial charge in [0, 0.05) is 42.5 Å². The minimum absolute atomic E-state index is 0.0127. The lowest BCUT2D eigenvalue weighted by Crippen LogP contribution is -2.52. The highest BCUT2D eigenvalue weighted by Gasteiger charge is 2.34. The van der Waals surface area contributed by atoms with E-state index in [1.165, 1.54) is 16.9 Å². The van der Waals surface area contributed by atoms with Crippen LogP contribution < -0.4 is 10.3 Å². The van der Waals surface area contributed by atoms with Gasteiger partial charge in [0.05, 0.1) is 11.9 Å². The third-order valence-corrected chi connectivity index (χ3v) is 8.32. The summed E-state index contributed by atoms with van der Waals surface area (Å²) in [5.74, 6) is 1.48. The van der Waals surface area contributed by atoms with Gasteiger partial charge in [-0.25, -0.2) is 4.98 Å². The number of ether oxygens (including phenoxy) is 1. The maximum absolute atomic E-state index is 13.0. The first-order chi connectivity index (χ1) is 16.0. The fraction of sp³-hybridized carbons (Fsp3) is 0.458. The molecule has 2 aromatic heterocycles. The van der Waals surface area contributed by atoms with Gasteiger partial charge in [-0.1, -0.05) is 11.6 Å². The highest BCUT2D eigenvalue weighted by Crippen LogP contribution is 2.34. The number of fused-ring (bicyclic) bond motifs is 4. The molecule has 9 heteroatoms. The molecule has 3 aromatic rings. The van der Waals surface area contributed by atoms with E-state index in [0.29, 0.717) is 36.9 Å². The van der Waals surface area contributed by atoms with E-state index < -0.39 is 6.10 Å². The number of benzene rings is 1. The smallest absolute Gasteiger partial charge is 0.264 e. The summed E-state index contributed by atoms with van der Waals surface area (Å²) in [5, 5.41) is 1.46. The molecule has 0 unspecified atom stereocenters. The van der Waals surface area contributed by atoms with Crippen LogP contribution in [0.25, 0.3) is 10.2 Å². The van der Waals surface area contributed by atoms with Gasteiger partial charge in [-0.3, -0.25) is 14.5 Å². The number of piperazine rings is 1. The minimum atomic E-state index is -0.477. The predicted octanol–water partition coefficient (Wildman–Crippen LogP) is 3.16. The number of hydrogen-bond donors (Lipinski definition) is 1. The van der Waals surface area contributed by atoms with Gasteiger partial charge >= 0.3 is 0 Å². The molecular weight excluding hydrogens is 460 g/mol. The zero-order chi connectivity index (χ0) is 22.5. The van der Waals surface area contributed by atoms with E-state index in [9.17, 15) is 9.59 Å². The van der Waals surface area contributed by atoms with Crippen molar-refractivity contribution in [3.05, 3.63) is 55.4 Å². The van der Waals surface area contributed by atoms with Crippen LogP contribution in [0.3, 0.4) is 0 Å². The average Bonchev–Trinajstić information content (AvgIpc) is 3.40. The number of hydrogen-bond acceptors (Lipinski definition) is 6. The average molecular weight is 485 g/mol. The predicted molar refractivity (Wildman–Crippen MR) is 128 cm³/mol. The van der Waals surface area contributed by atoms with Crippen molar-refractivity contribution in [3.63, 3.8) is 0 Å². The Hall–Kier alpha value is -2.42. The van der Waals surface area contributed by atoms with Gasteiger partial charge in [-0.05, 0) is 55.0 Å². The molecule has 172 valence electrons. The molecule has 0 spiro atoms. The van der Waals surface area contributed by atoms with Crippen LogP contribution >= 0.6 is 22.9 Å². The Labute approximate surface area is 200 Å². The first kappa shape index (κ1) is 21.1. The standard InChI is InChI=1S/C24H25ClN4O3S/c25-15-5-6-17-14(11-15)12-18(32-17)24(31)29-9-7-28(8-10-29)13-20-26-22(30)21-16-3-1-2-4-19(16)33-23(21)27-20/h5-6,11,18H,1-4,7-10,12-13H2,(H,26,27,30)/t18-/m1/s1. The Morgan fingerprint density at radius 2 is 2.03 bits per heavy atom. The number of rotatable bonds is 3. The van der Waals surface area contributed by atoms with E-state index in [-0.39, 0.29) is 11.5 Å². The number of thiophene rings is 1. The number of carbonyl (C=O) groups excluding carboxylic acids is 1. The molecule has 4 heterocycles. The van der Waals surface area contributed by atoms with Crippen LogP contribution in [0.15, 0.2) is 23.0 Å². The summed E-state index contributed by atoms with van der Waals surface area (Å²) in [4.78, 5) is 39.9. The van der Waals surface area contributed by atoms with Crippen molar-refractivity contribution < 1.29 is 9.53 Å². The van der Waals surface area contributed by atoms with Crippen molar-refractivity contribution >= 4 is 39.1 Å². The summed E-state index contributed by atoms with van der Waals surface area (Å²) in [7, 11) is 0. The van der Waals surface area contributed by atoms with Crippen LogP contribution in [-0.2, 0) is 30.6 Å². The number of aromatic nitrogens is 2. The number of nitrogens with one attached hydrogen (secondary N) is 1. The molecule has 33 heavy (non-hydrogen) atoms. The molecule has 1 saturated heterocycles. The van der Waals surface area contributed by atoms with Gasteiger partial charge in [-0.15, -0.1) is 11.3 Å². The van der Waals surface area contributed by atoms with E-state index in [1.54, 1.807) is 17.4 Å². The first-order valence-corrected chi connectivity index (χ1v) is 12.7. The molecule has 0 saturated carbocycles. The first-order valence-electron chi connectivity index (χ1n) is 11.5. The molecule has 1 aliphatic carbocycles. The van der Waals surface area contributed by atoms with Gasteiger partial charge in [-0.2, -0.15) is 0 Å². The largest absolute Gasteiger partial charge is 0.480 e. The summed E-state index contributed by atoms with van der Waals surface area (Å²) in [5.41, 5.74) is 2.19. The van der Waals surface area contributed by atoms with Crippen LogP contribution in [-0.4, -0.2) is 58.0 Å². The second-order valence-corrected chi connectivity index (χ2v) is 10.6. The molecule has 0 radical (unpaired) electrons. The SMILES string of the molecule is O=C([C@H]1Cc2cc(Cl)ccc2O1)N1CCN(Cc2nc3sc4c(c3c(=O)[nH]2)CCCC4)CC1. The van der Waals surface area contributed by atoms with Crippen molar-refractivity contribution in [2.75, 3.05) is 26.2 Å². The van der Waals surface area contributed by atoms with Crippen LogP contribution in [0, 0.1) is 0 Å². The second-order valence-electron chi connectivity index (χ2n) is 9.07. The summed E-state index contributed by atoms with van der Waals surface area (Å²) in [6, 6.07) is 5.49. The molecule has 1 N–H and O–H groups in total. The number of amides is 1. The molecule has 7 nitrogen and oxygen atoms in total. The van der Waals surface area contributed by atoms with Crippen molar-refractivity contribution in [3.8, 4) is 5.75 Å². The maximum atomic E-state index is 13.0. The van der Waals surface area contributed by atoms with Crippen LogP contribution in [0.5, 0.6) is 5.75 Å². The van der Waals surface area contributed by atoms with Crippen LogP contribution in [0.4, 0.5) is 0 Å². The molecular formula is C24H25ClN4O3S. The number of aryl methyl sites for hydroxylation is 2. The Kier molecular flexibility index (Phi) is 5.39. The van der Waals surface area contributed by atoms with Crippen molar-refractivity contribution in [1.29, 1.82) is 0 Å². The zero-order valence-corrected chi connectivity index (χ0v) is 19.8. The fourth-order valence-corrected chi connectivity index (χ4v) is 6.66. The Morgan fingerprint density at radius 3 is 2.88 bits per heavy atom. The van der Waals surface area contributed by atoms with Crippen LogP contribution in [0.2, 0.25) is 5.02 Å². The Bertz CT molecular complexity index is 1290. The number of nitrogens with zero attached hydrogens (tertiary/aromatic N) is 3. The normalized spacial score (nSPS) is 20.5. The summed E-state index contributed by atoms with van der Waals surface area (Å²) in [6.07, 6.45) is 4.47. The van der Waals surface area contributed by atoms with Gasteiger partial charge < -0.3 is 14.6 Å². The molecule has 2 aliphatic heterocycles. The van der Waals surface area contributed by atoms with E-state index in [1.807, 2.05) is 17.0 Å². The van der Waals surface area contributed by atoms with E-state index in [2.05, 4.69) is 9.88 Å². The monoisotopic (exact) mass is 484 g/mol. The van der Waals surface area contributed by atoms with Gasteiger partial charge in [0.1, 0.15) is 16.4 Å². The molecule has 1 atom stereocenters. The molecule has 6 rings (SSSR count). The third-order valence-electron chi connectivity index (χ3n) is 6.90. The third kappa shape index (κ3) is 3.94. The molecule has 1 fully saturated rings. The number of halogens is 1. The number of H-pyrrole nitrogens is 1. The van der Waals surface area contributed by atoms with E-state index in [0.717, 1.165) is 53.9 Å². The van der Waals surface area contributed by atoms with Gasteiger partial charge in [0.25, 0.3) is 11.5 Å². The van der Waals surface area contributed by atoms with Crippen molar-refractivity contribution in [2.45, 2.75) is 44.8 Å². The quantitative estimate of drug-likeness (QED) is 0.617. The number of aromatic amines is 1. The number of carbonyl (C=O) groups is 1. The minimum Gasteiger partial charge on any atom is -0.480 e. The van der Waals surface area contributed by atoms with Gasteiger partial charge in [0.15, 0.2) is 6.10 Å². The van der Waals surface area contributed by atoms with Crippen molar-refractivity contribution in [2.24, 2.45) is 0 Å². The van der Waals surface area contributed by atoms with Gasteiger partial charge in [0.2, 0.25) is 0 Å². The van der Waals surface area contributed by atoms with E-state index >= 15 is 0 Å². The molecule has 3 aliphatic rings. The molecule has 1 aromatic carbocycles. The summed E-state index contributed by atoms with van der Waals surface area (Å²) in [6.45, 7) is 3.32. The maximum Gasteiger partial charge on any atom is 0.264 e. The lowest BCUT2D eigenvalue weighted by molar-refractivity contribution is -0.139. The Balaban J connectivity index is 1.09. The summed E-state index contributed by atoms with van der Waals surface area (Å²) < 4.78 is 5.88. The highest BCUT2D eigenvalue weighted by molar-refractivity contribution is 7.18. The Morgan fingerprint density at radius 1 is 1.21 bits per heavy atom. The molecule has 1 amide bonds. The van der Waals surface area contributed by atoms with E-state index in [4.69, 9.17) is 21.3 Å². The summed E-state index contributed by atoms with van der Waals surface area (Å²) >= 11 is 7.75. The lowest BCUT2D eigenvalue weighted by Gasteiger charge is -2.35. The zero-order valence-electron chi connectivity index (χ0n) is 18.2. The van der Waals surface area contributed by atoms with Crippen molar-refractivity contribution in [1.82, 2.24) is 19.8 Å². The fourth-order valence-electron chi connectivity index (χ4n) is 5.18. The highest BCUT2D eigenvalue weighted by atomic mass is 35.5. The second kappa shape index (κ2) is 8.42. The lowest BCUT2D eigenvalue weighted by atomic mass is 9.97.